The van der Waals surface area contributed by atoms with Gasteiger partial charge in [0, 0.05) is 32.2 Å². The van der Waals surface area contributed by atoms with Gasteiger partial charge in [-0.25, -0.2) is 0 Å². The molecule has 0 spiro atoms. The van der Waals surface area contributed by atoms with Gasteiger partial charge in [-0.05, 0) is 57.8 Å². The summed E-state index contributed by atoms with van der Waals surface area (Å²) in [5.74, 6) is 0.926. The molecule has 3 nitrogen and oxygen atoms in total. The molecule has 102 valence electrons. The summed E-state index contributed by atoms with van der Waals surface area (Å²) >= 11 is 0. The zero-order valence-electron chi connectivity index (χ0n) is 11.9. The molecular weight excluding hydrogens is 222 g/mol. The third-order valence-corrected chi connectivity index (χ3v) is 5.17. The molecule has 18 heavy (non-hydrogen) atoms. The molecule has 0 aromatic rings. The summed E-state index contributed by atoms with van der Waals surface area (Å²) in [6.45, 7) is 9.74. The van der Waals surface area contributed by atoms with E-state index in [0.717, 1.165) is 25.0 Å². The molecule has 0 aliphatic carbocycles. The number of rotatable bonds is 2. The minimum absolute atomic E-state index is 0.869. The number of nitrogens with one attached hydrogen (secondary N) is 1. The molecule has 2 unspecified atom stereocenters. The Balaban J connectivity index is 1.57. The summed E-state index contributed by atoms with van der Waals surface area (Å²) in [5.41, 5.74) is 3.27. The van der Waals surface area contributed by atoms with Gasteiger partial charge >= 0.3 is 0 Å². The van der Waals surface area contributed by atoms with Gasteiger partial charge in [0.25, 0.3) is 0 Å². The summed E-state index contributed by atoms with van der Waals surface area (Å²) < 4.78 is 0. The van der Waals surface area contributed by atoms with Crippen molar-refractivity contribution in [2.45, 2.75) is 32.2 Å². The van der Waals surface area contributed by atoms with E-state index in [1.165, 1.54) is 45.4 Å². The molecule has 3 heteroatoms. The standard InChI is InChI=1S/C15H27N3/c1-12(14-8-16-9-14)10-18-7-5-15-13(11-18)4-3-6-17(15)2/h13,15-16H,3-11H2,1-2H3. The molecule has 2 atom stereocenters. The Morgan fingerprint density at radius 2 is 2.11 bits per heavy atom. The molecule has 0 bridgehead atoms. The normalized spacial score (nSPS) is 34.0. The van der Waals surface area contributed by atoms with Crippen LogP contribution in [-0.2, 0) is 0 Å². The van der Waals surface area contributed by atoms with Gasteiger partial charge < -0.3 is 10.2 Å². The van der Waals surface area contributed by atoms with Crippen molar-refractivity contribution >= 4 is 0 Å². The summed E-state index contributed by atoms with van der Waals surface area (Å²) in [6.07, 6.45) is 4.22. The van der Waals surface area contributed by atoms with E-state index in [4.69, 9.17) is 0 Å². The molecule has 1 N–H and O–H groups in total. The molecule has 0 saturated carbocycles. The summed E-state index contributed by atoms with van der Waals surface area (Å²) in [6, 6.07) is 0.869. The lowest BCUT2D eigenvalue weighted by atomic mass is 9.84. The zero-order valence-corrected chi connectivity index (χ0v) is 11.9. The van der Waals surface area contributed by atoms with Crippen molar-refractivity contribution in [3.63, 3.8) is 0 Å². The van der Waals surface area contributed by atoms with Crippen molar-refractivity contribution in [1.82, 2.24) is 15.1 Å². The quantitative estimate of drug-likeness (QED) is 0.745. The van der Waals surface area contributed by atoms with Crippen molar-refractivity contribution in [3.05, 3.63) is 11.1 Å². The van der Waals surface area contributed by atoms with Gasteiger partial charge in [-0.3, -0.25) is 4.90 Å². The minimum atomic E-state index is 0.869. The highest BCUT2D eigenvalue weighted by Crippen LogP contribution is 2.30. The van der Waals surface area contributed by atoms with Crippen molar-refractivity contribution in [2.24, 2.45) is 5.92 Å². The average molecular weight is 249 g/mol. The smallest absolute Gasteiger partial charge is 0.0193 e. The Morgan fingerprint density at radius 3 is 2.83 bits per heavy atom. The van der Waals surface area contributed by atoms with Gasteiger partial charge in [-0.15, -0.1) is 0 Å². The van der Waals surface area contributed by atoms with E-state index in [1.807, 2.05) is 0 Å². The van der Waals surface area contributed by atoms with Gasteiger partial charge in [0.1, 0.15) is 0 Å². The lowest BCUT2D eigenvalue weighted by Crippen LogP contribution is -2.53. The monoisotopic (exact) mass is 249 g/mol. The average Bonchev–Trinajstić information content (AvgIpc) is 2.26. The molecule has 0 aromatic carbocycles. The first kappa shape index (κ1) is 12.6. The molecule has 3 aliphatic heterocycles. The van der Waals surface area contributed by atoms with Crippen LogP contribution in [0.3, 0.4) is 0 Å². The van der Waals surface area contributed by atoms with Crippen LogP contribution in [0.4, 0.5) is 0 Å². The van der Waals surface area contributed by atoms with Crippen LogP contribution in [0, 0.1) is 5.92 Å². The molecule has 0 amide bonds. The first-order valence-corrected chi connectivity index (χ1v) is 7.55. The second-order valence-electron chi connectivity index (χ2n) is 6.46. The van der Waals surface area contributed by atoms with Gasteiger partial charge in [-0.1, -0.05) is 5.57 Å². The molecule has 3 heterocycles. The van der Waals surface area contributed by atoms with E-state index in [9.17, 15) is 0 Å². The molecule has 3 aliphatic rings. The highest BCUT2D eigenvalue weighted by atomic mass is 15.2. The van der Waals surface area contributed by atoms with Crippen LogP contribution in [0.5, 0.6) is 0 Å². The first-order chi connectivity index (χ1) is 8.74. The van der Waals surface area contributed by atoms with E-state index >= 15 is 0 Å². The Morgan fingerprint density at radius 1 is 1.28 bits per heavy atom. The highest BCUT2D eigenvalue weighted by molar-refractivity contribution is 5.22. The Bertz CT molecular complexity index is 331. The zero-order chi connectivity index (χ0) is 12.5. The molecular formula is C15H27N3. The molecule has 0 radical (unpaired) electrons. The van der Waals surface area contributed by atoms with Crippen LogP contribution in [0.1, 0.15) is 26.2 Å². The predicted molar refractivity (Wildman–Crippen MR) is 75.8 cm³/mol. The Labute approximate surface area is 111 Å². The van der Waals surface area contributed by atoms with Gasteiger partial charge in [-0.2, -0.15) is 0 Å². The van der Waals surface area contributed by atoms with E-state index < -0.39 is 0 Å². The van der Waals surface area contributed by atoms with Crippen molar-refractivity contribution in [3.8, 4) is 0 Å². The maximum atomic E-state index is 3.35. The SMILES string of the molecule is CC(CN1CCC2C(CCCN2C)C1)=C1CNC1. The predicted octanol–water partition coefficient (Wildman–Crippen LogP) is 1.32. The van der Waals surface area contributed by atoms with Gasteiger partial charge in [0.15, 0.2) is 0 Å². The topological polar surface area (TPSA) is 18.5 Å². The first-order valence-electron chi connectivity index (χ1n) is 7.55. The number of likely N-dealkylation sites (tertiary alicyclic amines) is 2. The van der Waals surface area contributed by atoms with E-state index in [2.05, 4.69) is 29.1 Å². The Kier molecular flexibility index (Phi) is 3.73. The fraction of sp³-hybridized carbons (Fsp3) is 0.867. The largest absolute Gasteiger partial charge is 0.309 e. The highest BCUT2D eigenvalue weighted by Gasteiger charge is 2.34. The molecule has 0 aromatic heterocycles. The molecule has 3 saturated heterocycles. The maximum Gasteiger partial charge on any atom is 0.0193 e. The molecule has 3 rings (SSSR count). The lowest BCUT2D eigenvalue weighted by Gasteiger charge is -2.46. The summed E-state index contributed by atoms with van der Waals surface area (Å²) in [7, 11) is 2.32. The van der Waals surface area contributed by atoms with Crippen LogP contribution in [0.25, 0.3) is 0 Å². The van der Waals surface area contributed by atoms with Gasteiger partial charge in [0.05, 0.1) is 0 Å². The van der Waals surface area contributed by atoms with E-state index in [1.54, 1.807) is 11.1 Å². The fourth-order valence-corrected chi connectivity index (χ4v) is 3.87. The number of hydrogen-bond acceptors (Lipinski definition) is 3. The lowest BCUT2D eigenvalue weighted by molar-refractivity contribution is 0.0422. The minimum Gasteiger partial charge on any atom is -0.309 e. The van der Waals surface area contributed by atoms with Crippen LogP contribution < -0.4 is 5.32 Å². The van der Waals surface area contributed by atoms with Crippen LogP contribution in [0.15, 0.2) is 11.1 Å². The third-order valence-electron chi connectivity index (χ3n) is 5.17. The fourth-order valence-electron chi connectivity index (χ4n) is 3.87. The number of fused-ring (bicyclic) bond motifs is 1. The van der Waals surface area contributed by atoms with Crippen LogP contribution in [0.2, 0.25) is 0 Å². The Hall–Kier alpha value is -0.380. The van der Waals surface area contributed by atoms with Crippen molar-refractivity contribution in [1.29, 1.82) is 0 Å². The van der Waals surface area contributed by atoms with Crippen molar-refractivity contribution < 1.29 is 0 Å². The number of hydrogen-bond donors (Lipinski definition) is 1. The third kappa shape index (κ3) is 2.49. The van der Waals surface area contributed by atoms with E-state index in [0.29, 0.717) is 0 Å². The van der Waals surface area contributed by atoms with Crippen LogP contribution >= 0.6 is 0 Å². The van der Waals surface area contributed by atoms with Gasteiger partial charge in [0.2, 0.25) is 0 Å². The number of nitrogens with zero attached hydrogens (tertiary/aromatic N) is 2. The number of piperidine rings is 2. The summed E-state index contributed by atoms with van der Waals surface area (Å²) in [5, 5.41) is 3.35. The second-order valence-corrected chi connectivity index (χ2v) is 6.46. The van der Waals surface area contributed by atoms with Crippen LogP contribution in [-0.4, -0.2) is 62.2 Å². The van der Waals surface area contributed by atoms with Crippen molar-refractivity contribution in [2.75, 3.05) is 46.3 Å². The summed E-state index contributed by atoms with van der Waals surface area (Å²) in [4.78, 5) is 5.30. The molecule has 3 fully saturated rings. The second kappa shape index (κ2) is 5.32. The maximum absolute atomic E-state index is 3.35. The van der Waals surface area contributed by atoms with E-state index in [-0.39, 0.29) is 0 Å².